The average molecular weight is 353 g/mol. The molecule has 144 valence electrons. The Labute approximate surface area is 152 Å². The highest BCUT2D eigenvalue weighted by Gasteiger charge is 2.22. The second kappa shape index (κ2) is 11.3. The highest BCUT2D eigenvalue weighted by atomic mass is 16.5. The molecule has 0 aromatic rings. The molecule has 1 aliphatic carbocycles. The molecule has 1 amide bonds. The predicted octanol–water partition coefficient (Wildman–Crippen LogP) is 2.15. The third-order valence-electron chi connectivity index (χ3n) is 4.87. The number of ether oxygens (including phenoxy) is 1. The number of carbonyl (C=O) groups is 1. The fourth-order valence-electron chi connectivity index (χ4n) is 3.13. The summed E-state index contributed by atoms with van der Waals surface area (Å²) >= 11 is 0. The molecule has 2 fully saturated rings. The van der Waals surface area contributed by atoms with Crippen molar-refractivity contribution in [1.82, 2.24) is 15.5 Å². The van der Waals surface area contributed by atoms with Crippen molar-refractivity contribution in [3.05, 3.63) is 0 Å². The monoisotopic (exact) mass is 352 g/mol. The van der Waals surface area contributed by atoms with Gasteiger partial charge in [-0.2, -0.15) is 0 Å². The van der Waals surface area contributed by atoms with E-state index in [1.54, 1.807) is 0 Å². The maximum absolute atomic E-state index is 12.3. The molecule has 1 heterocycles. The van der Waals surface area contributed by atoms with Crippen LogP contribution in [-0.4, -0.2) is 62.2 Å². The summed E-state index contributed by atoms with van der Waals surface area (Å²) in [5, 5.41) is 6.51. The maximum atomic E-state index is 12.3. The third-order valence-corrected chi connectivity index (χ3v) is 4.87. The van der Waals surface area contributed by atoms with Gasteiger partial charge in [0.2, 0.25) is 5.91 Å². The zero-order chi connectivity index (χ0) is 17.9. The van der Waals surface area contributed by atoms with Crippen LogP contribution < -0.4 is 10.6 Å². The minimum Gasteiger partial charge on any atom is -0.381 e. The van der Waals surface area contributed by atoms with E-state index in [-0.39, 0.29) is 5.91 Å². The van der Waals surface area contributed by atoms with Crippen molar-refractivity contribution in [2.75, 3.05) is 39.4 Å². The summed E-state index contributed by atoms with van der Waals surface area (Å²) in [6.07, 6.45) is 7.64. The first-order valence-corrected chi connectivity index (χ1v) is 10.1. The van der Waals surface area contributed by atoms with Crippen LogP contribution >= 0.6 is 0 Å². The molecular weight excluding hydrogens is 316 g/mol. The summed E-state index contributed by atoms with van der Waals surface area (Å²) in [5.41, 5.74) is 0. The molecule has 0 bridgehead atoms. The number of guanidine groups is 1. The van der Waals surface area contributed by atoms with Crippen LogP contribution in [0.1, 0.15) is 58.8 Å². The number of nitrogens with one attached hydrogen (secondary N) is 2. The van der Waals surface area contributed by atoms with Gasteiger partial charge in [-0.05, 0) is 58.3 Å². The molecule has 1 saturated carbocycles. The van der Waals surface area contributed by atoms with E-state index >= 15 is 0 Å². The first-order chi connectivity index (χ1) is 12.2. The molecule has 2 aliphatic rings. The van der Waals surface area contributed by atoms with Gasteiger partial charge in [0.15, 0.2) is 5.96 Å². The van der Waals surface area contributed by atoms with Crippen molar-refractivity contribution in [3.63, 3.8) is 0 Å². The second-order valence-corrected chi connectivity index (χ2v) is 7.24. The quantitative estimate of drug-likeness (QED) is 0.359. The van der Waals surface area contributed by atoms with E-state index in [0.29, 0.717) is 19.0 Å². The normalized spacial score (nSPS) is 21.3. The van der Waals surface area contributed by atoms with Crippen molar-refractivity contribution >= 4 is 11.9 Å². The van der Waals surface area contributed by atoms with E-state index in [0.717, 1.165) is 64.0 Å². The molecule has 0 aromatic carbocycles. The molecule has 1 aliphatic heterocycles. The summed E-state index contributed by atoms with van der Waals surface area (Å²) in [5.74, 6) is 1.87. The molecule has 1 saturated heterocycles. The van der Waals surface area contributed by atoms with Crippen LogP contribution in [0.3, 0.4) is 0 Å². The van der Waals surface area contributed by atoms with Crippen molar-refractivity contribution in [2.45, 2.75) is 64.8 Å². The van der Waals surface area contributed by atoms with E-state index in [9.17, 15) is 4.79 Å². The van der Waals surface area contributed by atoms with Crippen LogP contribution in [0.5, 0.6) is 0 Å². The average Bonchev–Trinajstić information content (AvgIpc) is 3.42. The van der Waals surface area contributed by atoms with Crippen LogP contribution in [-0.2, 0) is 9.53 Å². The number of hydrogen-bond acceptors (Lipinski definition) is 3. The number of rotatable bonds is 10. The lowest BCUT2D eigenvalue weighted by atomic mass is 10.0. The Hall–Kier alpha value is -1.30. The summed E-state index contributed by atoms with van der Waals surface area (Å²) in [6.45, 7) is 9.01. The first-order valence-electron chi connectivity index (χ1n) is 10.1. The Morgan fingerprint density at radius 3 is 2.80 bits per heavy atom. The summed E-state index contributed by atoms with van der Waals surface area (Å²) < 4.78 is 5.63. The molecule has 1 unspecified atom stereocenters. The fourth-order valence-corrected chi connectivity index (χ4v) is 3.13. The number of aliphatic imine (C=N–C) groups is 1. The van der Waals surface area contributed by atoms with E-state index < -0.39 is 0 Å². The summed E-state index contributed by atoms with van der Waals surface area (Å²) in [7, 11) is 0. The maximum Gasteiger partial charge on any atom is 0.224 e. The molecule has 6 nitrogen and oxygen atoms in total. The summed E-state index contributed by atoms with van der Waals surface area (Å²) in [4.78, 5) is 18.9. The first kappa shape index (κ1) is 20.0. The van der Waals surface area contributed by atoms with Crippen LogP contribution in [0.15, 0.2) is 4.99 Å². The van der Waals surface area contributed by atoms with Gasteiger partial charge in [-0.3, -0.25) is 9.79 Å². The highest BCUT2D eigenvalue weighted by molar-refractivity contribution is 5.81. The van der Waals surface area contributed by atoms with Crippen molar-refractivity contribution in [1.29, 1.82) is 0 Å². The Morgan fingerprint density at radius 1 is 1.24 bits per heavy atom. The van der Waals surface area contributed by atoms with Crippen molar-refractivity contribution in [3.8, 4) is 0 Å². The Balaban J connectivity index is 1.60. The largest absolute Gasteiger partial charge is 0.381 e. The van der Waals surface area contributed by atoms with E-state index in [1.165, 1.54) is 19.3 Å². The van der Waals surface area contributed by atoms with E-state index in [2.05, 4.69) is 29.5 Å². The Kier molecular flexibility index (Phi) is 9.08. The molecule has 2 rings (SSSR count). The molecule has 0 spiro atoms. The van der Waals surface area contributed by atoms with Gasteiger partial charge in [-0.1, -0.05) is 0 Å². The summed E-state index contributed by atoms with van der Waals surface area (Å²) in [6, 6.07) is 0.388. The predicted molar refractivity (Wildman–Crippen MR) is 102 cm³/mol. The van der Waals surface area contributed by atoms with Gasteiger partial charge in [0.05, 0.1) is 0 Å². The van der Waals surface area contributed by atoms with Gasteiger partial charge in [-0.25, -0.2) is 0 Å². The van der Waals surface area contributed by atoms with Gasteiger partial charge in [0.25, 0.3) is 0 Å². The minimum atomic E-state index is 0.254. The minimum absolute atomic E-state index is 0.254. The van der Waals surface area contributed by atoms with Gasteiger partial charge in [0.1, 0.15) is 0 Å². The highest BCUT2D eigenvalue weighted by Crippen LogP contribution is 2.28. The van der Waals surface area contributed by atoms with Crippen LogP contribution in [0.25, 0.3) is 0 Å². The van der Waals surface area contributed by atoms with Crippen molar-refractivity contribution < 1.29 is 9.53 Å². The third kappa shape index (κ3) is 8.08. The van der Waals surface area contributed by atoms with Gasteiger partial charge < -0.3 is 20.3 Å². The standard InChI is InChI=1S/C19H36N4O2/c1-3-20-19(21-11-6-14-25-15-17-8-9-17)22-12-10-18(24)23-13-5-4-7-16(23)2/h16-17H,3-15H2,1-2H3,(H2,20,21,22). The lowest BCUT2D eigenvalue weighted by molar-refractivity contribution is -0.134. The topological polar surface area (TPSA) is 66.0 Å². The molecule has 0 aromatic heterocycles. The van der Waals surface area contributed by atoms with E-state index in [4.69, 9.17) is 4.74 Å². The fraction of sp³-hybridized carbons (Fsp3) is 0.895. The van der Waals surface area contributed by atoms with E-state index in [1.807, 2.05) is 4.90 Å². The van der Waals surface area contributed by atoms with Gasteiger partial charge >= 0.3 is 0 Å². The van der Waals surface area contributed by atoms with Crippen molar-refractivity contribution in [2.24, 2.45) is 10.9 Å². The van der Waals surface area contributed by atoms with Crippen LogP contribution in [0.2, 0.25) is 0 Å². The molecule has 2 N–H and O–H groups in total. The molecular formula is C19H36N4O2. The lowest BCUT2D eigenvalue weighted by Gasteiger charge is -2.33. The SMILES string of the molecule is CCNC(=NCCCOCC1CC1)NCCC(=O)N1CCCCC1C. The second-order valence-electron chi connectivity index (χ2n) is 7.24. The number of nitrogens with zero attached hydrogens (tertiary/aromatic N) is 2. The molecule has 6 heteroatoms. The lowest BCUT2D eigenvalue weighted by Crippen LogP contribution is -2.44. The van der Waals surface area contributed by atoms with Crippen LogP contribution in [0.4, 0.5) is 0 Å². The Morgan fingerprint density at radius 2 is 2.08 bits per heavy atom. The Bertz CT molecular complexity index is 424. The number of amides is 1. The number of carbonyl (C=O) groups excluding carboxylic acids is 1. The molecule has 1 atom stereocenters. The number of likely N-dealkylation sites (tertiary alicyclic amines) is 1. The van der Waals surface area contributed by atoms with Gasteiger partial charge in [0, 0.05) is 51.9 Å². The number of hydrogen-bond donors (Lipinski definition) is 2. The van der Waals surface area contributed by atoms with Crippen LogP contribution in [0, 0.1) is 5.92 Å². The smallest absolute Gasteiger partial charge is 0.224 e. The molecule has 0 radical (unpaired) electrons. The zero-order valence-electron chi connectivity index (χ0n) is 16.1. The van der Waals surface area contributed by atoms with Gasteiger partial charge in [-0.15, -0.1) is 0 Å². The molecule has 25 heavy (non-hydrogen) atoms. The zero-order valence-corrected chi connectivity index (χ0v) is 16.1. The number of piperidine rings is 1.